The van der Waals surface area contributed by atoms with E-state index in [0.717, 1.165) is 62.4 Å². The maximum atomic E-state index is 13.2. The lowest BCUT2D eigenvalue weighted by Crippen LogP contribution is -2.53. The highest BCUT2D eigenvalue weighted by molar-refractivity contribution is 5.95. The predicted molar refractivity (Wildman–Crippen MR) is 119 cm³/mol. The number of hydrogen-bond donors (Lipinski definition) is 1. The Balaban J connectivity index is 1.37. The van der Waals surface area contributed by atoms with Crippen LogP contribution in [-0.2, 0) is 4.79 Å². The van der Waals surface area contributed by atoms with Crippen molar-refractivity contribution in [3.63, 3.8) is 0 Å². The van der Waals surface area contributed by atoms with E-state index in [1.165, 1.54) is 5.69 Å². The average molecular weight is 409 g/mol. The minimum Gasteiger partial charge on any atom is -0.368 e. The van der Waals surface area contributed by atoms with Crippen LogP contribution in [0.1, 0.15) is 40.2 Å². The van der Waals surface area contributed by atoms with Crippen molar-refractivity contribution >= 4 is 17.5 Å². The number of rotatable bonds is 3. The summed E-state index contributed by atoms with van der Waals surface area (Å²) in [7, 11) is 0. The zero-order valence-electron chi connectivity index (χ0n) is 18.3. The topological polar surface area (TPSA) is 59.7 Å². The van der Waals surface area contributed by atoms with Gasteiger partial charge in [0.25, 0.3) is 5.91 Å². The van der Waals surface area contributed by atoms with Crippen molar-refractivity contribution < 1.29 is 9.59 Å². The Morgan fingerprint density at radius 1 is 0.900 bits per heavy atom. The molecule has 2 fully saturated rings. The van der Waals surface area contributed by atoms with Crippen LogP contribution >= 0.6 is 0 Å². The first-order chi connectivity index (χ1) is 14.5. The van der Waals surface area contributed by atoms with E-state index in [9.17, 15) is 9.59 Å². The molecule has 0 radical (unpaired) electrons. The van der Waals surface area contributed by atoms with Gasteiger partial charge in [-0.3, -0.25) is 9.59 Å². The second-order valence-electron chi connectivity index (χ2n) is 8.61. The van der Waals surface area contributed by atoms with Crippen molar-refractivity contribution in [2.75, 3.05) is 44.2 Å². The van der Waals surface area contributed by atoms with E-state index in [-0.39, 0.29) is 17.7 Å². The molecule has 6 heteroatoms. The quantitative estimate of drug-likeness (QED) is 0.849. The Labute approximate surface area is 178 Å². The molecule has 30 heavy (non-hydrogen) atoms. The molecule has 6 nitrogen and oxygen atoms in total. The number of aromatic amines is 1. The number of piperidine rings is 1. The largest absolute Gasteiger partial charge is 0.368 e. The van der Waals surface area contributed by atoms with Crippen LogP contribution in [0.4, 0.5) is 5.69 Å². The minimum absolute atomic E-state index is 0.0232. The number of carbonyl (C=O) groups is 2. The van der Waals surface area contributed by atoms with E-state index in [2.05, 4.69) is 34.1 Å². The number of aryl methyl sites for hydroxylation is 1. The fraction of sp³-hybridized carbons (Fsp3) is 0.500. The number of nitrogens with one attached hydrogen (secondary N) is 1. The molecule has 3 heterocycles. The van der Waals surface area contributed by atoms with Crippen LogP contribution in [0.25, 0.3) is 0 Å². The van der Waals surface area contributed by atoms with Crippen molar-refractivity contribution in [2.24, 2.45) is 5.92 Å². The van der Waals surface area contributed by atoms with Crippen LogP contribution in [0.5, 0.6) is 0 Å². The highest BCUT2D eigenvalue weighted by atomic mass is 16.2. The number of para-hydroxylation sites is 1. The molecule has 4 rings (SSSR count). The number of nitrogens with zero attached hydrogens (tertiary/aromatic N) is 3. The van der Waals surface area contributed by atoms with Gasteiger partial charge in [-0.05, 0) is 56.9 Å². The highest BCUT2D eigenvalue weighted by Gasteiger charge is 2.33. The second kappa shape index (κ2) is 8.54. The van der Waals surface area contributed by atoms with Crippen molar-refractivity contribution in [1.29, 1.82) is 0 Å². The van der Waals surface area contributed by atoms with E-state index in [4.69, 9.17) is 0 Å². The summed E-state index contributed by atoms with van der Waals surface area (Å²) in [5.41, 5.74) is 5.08. The molecule has 1 aromatic heterocycles. The molecular formula is C24H32N4O2. The van der Waals surface area contributed by atoms with Crippen molar-refractivity contribution in [1.82, 2.24) is 14.8 Å². The molecule has 0 saturated carbocycles. The number of anilines is 1. The maximum absolute atomic E-state index is 13.2. The van der Waals surface area contributed by atoms with Crippen molar-refractivity contribution in [2.45, 2.75) is 33.6 Å². The third-order valence-corrected chi connectivity index (χ3v) is 6.80. The summed E-state index contributed by atoms with van der Waals surface area (Å²) in [6, 6.07) is 10.4. The van der Waals surface area contributed by atoms with Gasteiger partial charge in [-0.25, -0.2) is 0 Å². The fourth-order valence-electron chi connectivity index (χ4n) is 4.66. The van der Waals surface area contributed by atoms with E-state index >= 15 is 0 Å². The van der Waals surface area contributed by atoms with Gasteiger partial charge in [0.1, 0.15) is 5.69 Å². The summed E-state index contributed by atoms with van der Waals surface area (Å²) in [4.78, 5) is 35.7. The Morgan fingerprint density at radius 2 is 1.60 bits per heavy atom. The summed E-state index contributed by atoms with van der Waals surface area (Å²) in [6.07, 6.45) is 1.74. The number of amides is 2. The molecule has 2 aromatic rings. The second-order valence-corrected chi connectivity index (χ2v) is 8.61. The average Bonchev–Trinajstić information content (AvgIpc) is 3.06. The molecule has 0 unspecified atom stereocenters. The summed E-state index contributed by atoms with van der Waals surface area (Å²) in [5.74, 6) is 0.134. The molecule has 2 amide bonds. The van der Waals surface area contributed by atoms with Crippen LogP contribution < -0.4 is 4.90 Å². The highest BCUT2D eigenvalue weighted by Crippen LogP contribution is 2.24. The van der Waals surface area contributed by atoms with Gasteiger partial charge in [0.15, 0.2) is 0 Å². The number of carbonyl (C=O) groups excluding carboxylic acids is 2. The van der Waals surface area contributed by atoms with Crippen LogP contribution in [0.15, 0.2) is 30.3 Å². The van der Waals surface area contributed by atoms with Crippen LogP contribution in [0.2, 0.25) is 0 Å². The lowest BCUT2D eigenvalue weighted by Gasteiger charge is -2.39. The number of hydrogen-bond acceptors (Lipinski definition) is 3. The monoisotopic (exact) mass is 408 g/mol. The standard InChI is InChI=1S/C24H32N4O2/c1-17-18(2)22(25-19(17)3)24(30)28-11-7-8-20(16-28)23(29)27-14-12-26(13-15-27)21-9-5-4-6-10-21/h4-6,9-10,20,25H,7-8,11-16H2,1-3H3/t20-/m1/s1. The summed E-state index contributed by atoms with van der Waals surface area (Å²) in [5, 5.41) is 0. The van der Waals surface area contributed by atoms with Gasteiger partial charge in [-0.1, -0.05) is 18.2 Å². The fourth-order valence-corrected chi connectivity index (χ4v) is 4.66. The van der Waals surface area contributed by atoms with Crippen molar-refractivity contribution in [3.8, 4) is 0 Å². The molecule has 2 aliphatic rings. The zero-order valence-corrected chi connectivity index (χ0v) is 18.3. The molecule has 2 aliphatic heterocycles. The molecule has 0 bridgehead atoms. The minimum atomic E-state index is -0.0940. The predicted octanol–water partition coefficient (Wildman–Crippen LogP) is 3.14. The van der Waals surface area contributed by atoms with Gasteiger partial charge in [-0.15, -0.1) is 0 Å². The first-order valence-corrected chi connectivity index (χ1v) is 11.0. The van der Waals surface area contributed by atoms with E-state index in [0.29, 0.717) is 12.2 Å². The molecule has 0 spiro atoms. The Bertz CT molecular complexity index is 913. The van der Waals surface area contributed by atoms with Gasteiger partial charge in [0.2, 0.25) is 5.91 Å². The van der Waals surface area contributed by atoms with Gasteiger partial charge in [0, 0.05) is 50.6 Å². The van der Waals surface area contributed by atoms with Crippen LogP contribution in [-0.4, -0.2) is 65.9 Å². The normalized spacial score (nSPS) is 19.8. The van der Waals surface area contributed by atoms with E-state index in [1.807, 2.05) is 36.6 Å². The third kappa shape index (κ3) is 3.95. The van der Waals surface area contributed by atoms with Gasteiger partial charge in [-0.2, -0.15) is 0 Å². The van der Waals surface area contributed by atoms with Gasteiger partial charge >= 0.3 is 0 Å². The van der Waals surface area contributed by atoms with Crippen LogP contribution in [0.3, 0.4) is 0 Å². The van der Waals surface area contributed by atoms with Crippen LogP contribution in [0, 0.1) is 26.7 Å². The molecule has 2 saturated heterocycles. The maximum Gasteiger partial charge on any atom is 0.270 e. The molecule has 1 N–H and O–H groups in total. The number of aromatic nitrogens is 1. The molecule has 1 atom stereocenters. The third-order valence-electron chi connectivity index (χ3n) is 6.80. The van der Waals surface area contributed by atoms with Gasteiger partial charge < -0.3 is 19.7 Å². The molecule has 160 valence electrons. The molecule has 1 aromatic carbocycles. The van der Waals surface area contributed by atoms with E-state index < -0.39 is 0 Å². The summed E-state index contributed by atoms with van der Waals surface area (Å²) < 4.78 is 0. The number of benzene rings is 1. The number of likely N-dealkylation sites (tertiary alicyclic amines) is 1. The lowest BCUT2D eigenvalue weighted by molar-refractivity contribution is -0.137. The smallest absolute Gasteiger partial charge is 0.270 e. The van der Waals surface area contributed by atoms with Gasteiger partial charge in [0.05, 0.1) is 5.92 Å². The SMILES string of the molecule is Cc1[nH]c(C(=O)N2CCC[C@@H](C(=O)N3CCN(c4ccccc4)CC3)C2)c(C)c1C. The number of H-pyrrole nitrogens is 1. The Hall–Kier alpha value is -2.76. The Morgan fingerprint density at radius 3 is 2.23 bits per heavy atom. The lowest BCUT2D eigenvalue weighted by atomic mass is 9.95. The van der Waals surface area contributed by atoms with Crippen molar-refractivity contribution in [3.05, 3.63) is 52.8 Å². The Kier molecular flexibility index (Phi) is 5.84. The molecule has 0 aliphatic carbocycles. The summed E-state index contributed by atoms with van der Waals surface area (Å²) >= 11 is 0. The first kappa shape index (κ1) is 20.5. The summed E-state index contributed by atoms with van der Waals surface area (Å²) in [6.45, 7) is 10.5. The zero-order chi connectivity index (χ0) is 21.3. The molecular weight excluding hydrogens is 376 g/mol. The first-order valence-electron chi connectivity index (χ1n) is 11.0. The van der Waals surface area contributed by atoms with E-state index in [1.54, 1.807) is 0 Å². The number of piperazine rings is 1.